The van der Waals surface area contributed by atoms with Gasteiger partial charge < -0.3 is 24.4 Å². The smallest absolute Gasteiger partial charge is 0.193 e. The van der Waals surface area contributed by atoms with E-state index in [-0.39, 0.29) is 0 Å². The first-order valence-electron chi connectivity index (χ1n) is 9.82. The topological polar surface area (TPSA) is 55.3 Å². The zero-order chi connectivity index (χ0) is 19.8. The molecule has 2 aromatic carbocycles. The molecular formula is C22H31N3O3. The number of guanidine groups is 1. The van der Waals surface area contributed by atoms with Crippen molar-refractivity contribution in [3.63, 3.8) is 0 Å². The van der Waals surface area contributed by atoms with Gasteiger partial charge in [-0.2, -0.15) is 0 Å². The van der Waals surface area contributed by atoms with Gasteiger partial charge in [0.25, 0.3) is 0 Å². The van der Waals surface area contributed by atoms with Crippen molar-refractivity contribution in [2.24, 2.45) is 10.9 Å². The molecule has 0 bridgehead atoms. The zero-order valence-electron chi connectivity index (χ0n) is 17.1. The SMILES string of the molecule is CN=C(NCc1ccc2cc(OC)ccc2c1)N1CCC(COCCOC)C1. The van der Waals surface area contributed by atoms with E-state index in [9.17, 15) is 0 Å². The monoisotopic (exact) mass is 385 g/mol. The largest absolute Gasteiger partial charge is 0.497 e. The van der Waals surface area contributed by atoms with Crippen molar-refractivity contribution < 1.29 is 14.2 Å². The highest BCUT2D eigenvalue weighted by Gasteiger charge is 2.24. The summed E-state index contributed by atoms with van der Waals surface area (Å²) in [7, 11) is 5.24. The molecular weight excluding hydrogens is 354 g/mol. The van der Waals surface area contributed by atoms with Gasteiger partial charge >= 0.3 is 0 Å². The number of likely N-dealkylation sites (tertiary alicyclic amines) is 1. The van der Waals surface area contributed by atoms with Crippen molar-refractivity contribution in [1.29, 1.82) is 0 Å². The Hall–Kier alpha value is -2.31. The summed E-state index contributed by atoms with van der Waals surface area (Å²) in [6.07, 6.45) is 1.13. The molecule has 28 heavy (non-hydrogen) atoms. The molecule has 0 aromatic heterocycles. The van der Waals surface area contributed by atoms with Crippen LogP contribution < -0.4 is 10.1 Å². The average molecular weight is 386 g/mol. The molecule has 1 aliphatic rings. The van der Waals surface area contributed by atoms with Crippen molar-refractivity contribution in [3.05, 3.63) is 42.0 Å². The molecule has 1 atom stereocenters. The predicted molar refractivity (Wildman–Crippen MR) is 113 cm³/mol. The Morgan fingerprint density at radius 3 is 2.75 bits per heavy atom. The maximum atomic E-state index is 5.69. The minimum atomic E-state index is 0.547. The van der Waals surface area contributed by atoms with Gasteiger partial charge in [-0.25, -0.2) is 0 Å². The van der Waals surface area contributed by atoms with Gasteiger partial charge in [0.2, 0.25) is 0 Å². The second-order valence-electron chi connectivity index (χ2n) is 7.12. The van der Waals surface area contributed by atoms with Crippen molar-refractivity contribution in [2.75, 3.05) is 54.2 Å². The number of nitrogens with one attached hydrogen (secondary N) is 1. The molecule has 0 saturated carbocycles. The highest BCUT2D eigenvalue weighted by Crippen LogP contribution is 2.22. The third kappa shape index (κ3) is 5.36. The van der Waals surface area contributed by atoms with E-state index in [4.69, 9.17) is 14.2 Å². The van der Waals surface area contributed by atoms with E-state index in [1.807, 2.05) is 13.1 Å². The number of benzene rings is 2. The molecule has 1 saturated heterocycles. The maximum Gasteiger partial charge on any atom is 0.193 e. The number of hydrogen-bond donors (Lipinski definition) is 1. The van der Waals surface area contributed by atoms with Gasteiger partial charge in [0, 0.05) is 39.7 Å². The number of ether oxygens (including phenoxy) is 3. The molecule has 3 rings (SSSR count). The summed E-state index contributed by atoms with van der Waals surface area (Å²) in [5, 5.41) is 5.90. The van der Waals surface area contributed by atoms with Crippen molar-refractivity contribution >= 4 is 16.7 Å². The summed E-state index contributed by atoms with van der Waals surface area (Å²) < 4.78 is 16.0. The average Bonchev–Trinajstić information content (AvgIpc) is 3.20. The van der Waals surface area contributed by atoms with Crippen LogP contribution >= 0.6 is 0 Å². The maximum absolute atomic E-state index is 5.69. The van der Waals surface area contributed by atoms with E-state index in [0.29, 0.717) is 19.1 Å². The van der Waals surface area contributed by atoms with Crippen LogP contribution in [0.2, 0.25) is 0 Å². The number of rotatable bonds is 8. The molecule has 1 fully saturated rings. The lowest BCUT2D eigenvalue weighted by atomic mass is 10.1. The molecule has 1 N–H and O–H groups in total. The van der Waals surface area contributed by atoms with E-state index in [0.717, 1.165) is 44.4 Å². The van der Waals surface area contributed by atoms with Crippen LogP contribution in [0.5, 0.6) is 5.75 Å². The van der Waals surface area contributed by atoms with Gasteiger partial charge in [0.15, 0.2) is 5.96 Å². The van der Waals surface area contributed by atoms with Gasteiger partial charge in [-0.3, -0.25) is 4.99 Å². The number of fused-ring (bicyclic) bond motifs is 1. The van der Waals surface area contributed by atoms with E-state index in [1.54, 1.807) is 14.2 Å². The van der Waals surface area contributed by atoms with E-state index < -0.39 is 0 Å². The zero-order valence-corrected chi connectivity index (χ0v) is 17.1. The second kappa shape index (κ2) is 10.3. The summed E-state index contributed by atoms with van der Waals surface area (Å²) >= 11 is 0. The normalized spacial score (nSPS) is 17.3. The molecule has 152 valence electrons. The van der Waals surface area contributed by atoms with E-state index in [1.165, 1.54) is 16.3 Å². The lowest BCUT2D eigenvalue weighted by Crippen LogP contribution is -2.39. The van der Waals surface area contributed by atoms with Gasteiger partial charge in [-0.1, -0.05) is 18.2 Å². The van der Waals surface area contributed by atoms with E-state index in [2.05, 4.69) is 45.5 Å². The Balaban J connectivity index is 1.52. The standard InChI is InChI=1S/C22H31N3O3/c1-23-22(25-9-8-18(15-25)16-28-11-10-26-2)24-14-17-4-5-20-13-21(27-3)7-6-19(20)12-17/h4-7,12-13,18H,8-11,14-16H2,1-3H3,(H,23,24). The first-order valence-corrected chi connectivity index (χ1v) is 9.82. The third-order valence-corrected chi connectivity index (χ3v) is 5.14. The highest BCUT2D eigenvalue weighted by atomic mass is 16.5. The Kier molecular flexibility index (Phi) is 7.51. The van der Waals surface area contributed by atoms with Crippen LogP contribution in [0.4, 0.5) is 0 Å². The molecule has 1 aliphatic heterocycles. The number of nitrogens with zero attached hydrogens (tertiary/aromatic N) is 2. The van der Waals surface area contributed by atoms with Crippen LogP contribution in [0.1, 0.15) is 12.0 Å². The summed E-state index contributed by atoms with van der Waals surface area (Å²) in [6.45, 7) is 4.83. The van der Waals surface area contributed by atoms with Crippen molar-refractivity contribution in [3.8, 4) is 5.75 Å². The van der Waals surface area contributed by atoms with Crippen molar-refractivity contribution in [2.45, 2.75) is 13.0 Å². The van der Waals surface area contributed by atoms with Crippen LogP contribution in [-0.2, 0) is 16.0 Å². The summed E-state index contributed by atoms with van der Waals surface area (Å²) in [5.41, 5.74) is 1.23. The van der Waals surface area contributed by atoms with Crippen LogP contribution in [0, 0.1) is 5.92 Å². The Morgan fingerprint density at radius 1 is 1.14 bits per heavy atom. The van der Waals surface area contributed by atoms with Gasteiger partial charge in [0.1, 0.15) is 5.75 Å². The van der Waals surface area contributed by atoms with Crippen molar-refractivity contribution in [1.82, 2.24) is 10.2 Å². The minimum absolute atomic E-state index is 0.547. The number of hydrogen-bond acceptors (Lipinski definition) is 4. The number of methoxy groups -OCH3 is 2. The fourth-order valence-corrected chi connectivity index (χ4v) is 3.58. The lowest BCUT2D eigenvalue weighted by molar-refractivity contribution is 0.0536. The van der Waals surface area contributed by atoms with Crippen LogP contribution in [-0.4, -0.2) is 65.0 Å². The lowest BCUT2D eigenvalue weighted by Gasteiger charge is -2.22. The Bertz CT molecular complexity index is 794. The predicted octanol–water partition coefficient (Wildman–Crippen LogP) is 2.91. The van der Waals surface area contributed by atoms with Gasteiger partial charge in [-0.05, 0) is 41.0 Å². The van der Waals surface area contributed by atoms with E-state index >= 15 is 0 Å². The van der Waals surface area contributed by atoms with Crippen LogP contribution in [0.25, 0.3) is 10.8 Å². The molecule has 0 spiro atoms. The molecule has 2 aromatic rings. The minimum Gasteiger partial charge on any atom is -0.497 e. The van der Waals surface area contributed by atoms with Crippen LogP contribution in [0.3, 0.4) is 0 Å². The summed E-state index contributed by atoms with van der Waals surface area (Å²) in [6, 6.07) is 12.7. The summed E-state index contributed by atoms with van der Waals surface area (Å²) in [5.74, 6) is 2.38. The fraction of sp³-hybridized carbons (Fsp3) is 0.500. The molecule has 6 heteroatoms. The van der Waals surface area contributed by atoms with Crippen LogP contribution in [0.15, 0.2) is 41.4 Å². The number of aliphatic imine (C=N–C) groups is 1. The Morgan fingerprint density at radius 2 is 1.96 bits per heavy atom. The quantitative estimate of drug-likeness (QED) is 0.430. The molecule has 0 radical (unpaired) electrons. The van der Waals surface area contributed by atoms with Gasteiger partial charge in [0.05, 0.1) is 26.9 Å². The second-order valence-corrected chi connectivity index (χ2v) is 7.12. The highest BCUT2D eigenvalue weighted by molar-refractivity contribution is 5.85. The Labute approximate surface area is 167 Å². The first-order chi connectivity index (χ1) is 13.7. The molecule has 0 aliphatic carbocycles. The molecule has 0 amide bonds. The molecule has 6 nitrogen and oxygen atoms in total. The molecule has 1 heterocycles. The van der Waals surface area contributed by atoms with Gasteiger partial charge in [-0.15, -0.1) is 0 Å². The first kappa shape index (κ1) is 20.4. The molecule has 1 unspecified atom stereocenters. The third-order valence-electron chi connectivity index (χ3n) is 5.14. The fourth-order valence-electron chi connectivity index (χ4n) is 3.58. The summed E-state index contributed by atoms with van der Waals surface area (Å²) in [4.78, 5) is 6.78.